The van der Waals surface area contributed by atoms with Crippen molar-refractivity contribution in [3.05, 3.63) is 29.6 Å². The van der Waals surface area contributed by atoms with Crippen LogP contribution in [0, 0.1) is 5.82 Å². The van der Waals surface area contributed by atoms with E-state index in [-0.39, 0.29) is 18.3 Å². The fourth-order valence-electron chi connectivity index (χ4n) is 1.96. The molecule has 1 aromatic rings. The Labute approximate surface area is 99.6 Å². The van der Waals surface area contributed by atoms with Gasteiger partial charge in [0.15, 0.2) is 0 Å². The fourth-order valence-corrected chi connectivity index (χ4v) is 1.96. The third kappa shape index (κ3) is 2.94. The monoisotopic (exact) mass is 237 g/mol. The fraction of sp³-hybridized carbons (Fsp3) is 0.417. The normalized spacial score (nSPS) is 16.6. The maximum Gasteiger partial charge on any atom is 0.239 e. The zero-order valence-corrected chi connectivity index (χ0v) is 9.58. The minimum atomic E-state index is -0.312. The molecule has 1 fully saturated rings. The van der Waals surface area contributed by atoms with Crippen LogP contribution >= 0.6 is 0 Å². The Balaban J connectivity index is 2.25. The topological polar surface area (TPSA) is 58.4 Å². The summed E-state index contributed by atoms with van der Waals surface area (Å²) in [5, 5.41) is 2.79. The molecule has 1 amide bonds. The molecule has 1 saturated heterocycles. The van der Waals surface area contributed by atoms with Crippen LogP contribution in [0.1, 0.15) is 12.0 Å². The molecule has 5 heteroatoms. The lowest BCUT2D eigenvalue weighted by molar-refractivity contribution is -0.119. The van der Waals surface area contributed by atoms with Gasteiger partial charge < -0.3 is 16.0 Å². The molecule has 0 unspecified atom stereocenters. The molecule has 0 aromatic heterocycles. The summed E-state index contributed by atoms with van der Waals surface area (Å²) in [6, 6.07) is 4.70. The molecule has 3 N–H and O–H groups in total. The van der Waals surface area contributed by atoms with Crippen LogP contribution < -0.4 is 16.0 Å². The number of anilines is 1. The van der Waals surface area contributed by atoms with Crippen LogP contribution in [0.3, 0.4) is 0 Å². The highest BCUT2D eigenvalue weighted by Gasteiger charge is 2.15. The second kappa shape index (κ2) is 5.14. The van der Waals surface area contributed by atoms with Gasteiger partial charge in [-0.2, -0.15) is 0 Å². The van der Waals surface area contributed by atoms with Crippen LogP contribution in [0.2, 0.25) is 0 Å². The summed E-state index contributed by atoms with van der Waals surface area (Å²) in [4.78, 5) is 13.3. The number of rotatable bonds is 2. The number of carbonyl (C=O) groups is 1. The van der Waals surface area contributed by atoms with Crippen molar-refractivity contribution < 1.29 is 9.18 Å². The maximum atomic E-state index is 13.4. The number of benzene rings is 1. The van der Waals surface area contributed by atoms with E-state index in [1.54, 1.807) is 0 Å². The minimum absolute atomic E-state index is 0.0268. The Kier molecular flexibility index (Phi) is 3.58. The van der Waals surface area contributed by atoms with Crippen LogP contribution in [-0.4, -0.2) is 25.5 Å². The number of hydrogen-bond acceptors (Lipinski definition) is 3. The maximum absolute atomic E-state index is 13.4. The van der Waals surface area contributed by atoms with E-state index in [0.717, 1.165) is 24.2 Å². The molecule has 0 saturated carbocycles. The molecule has 17 heavy (non-hydrogen) atoms. The molecular weight excluding hydrogens is 221 g/mol. The first-order valence-corrected chi connectivity index (χ1v) is 5.70. The second-order valence-corrected chi connectivity index (χ2v) is 4.15. The number of carbonyl (C=O) groups excluding carboxylic acids is 1. The molecule has 4 nitrogen and oxygen atoms in total. The van der Waals surface area contributed by atoms with Crippen molar-refractivity contribution in [2.24, 2.45) is 5.73 Å². The first-order chi connectivity index (χ1) is 8.19. The predicted molar refractivity (Wildman–Crippen MR) is 64.1 cm³/mol. The molecule has 0 atom stereocenters. The SMILES string of the molecule is NCc1cc(F)cc(N2CCCNC(=O)C2)c1. The van der Waals surface area contributed by atoms with Crippen molar-refractivity contribution in [3.63, 3.8) is 0 Å². The highest BCUT2D eigenvalue weighted by atomic mass is 19.1. The second-order valence-electron chi connectivity index (χ2n) is 4.15. The Morgan fingerprint density at radius 3 is 3.00 bits per heavy atom. The van der Waals surface area contributed by atoms with Crippen molar-refractivity contribution in [2.45, 2.75) is 13.0 Å². The average Bonchev–Trinajstić information content (AvgIpc) is 2.53. The molecule has 1 aromatic carbocycles. The summed E-state index contributed by atoms with van der Waals surface area (Å²) in [6.07, 6.45) is 0.861. The van der Waals surface area contributed by atoms with Gasteiger partial charge in [-0.25, -0.2) is 4.39 Å². The zero-order chi connectivity index (χ0) is 12.3. The van der Waals surface area contributed by atoms with Crippen molar-refractivity contribution in [1.82, 2.24) is 5.32 Å². The van der Waals surface area contributed by atoms with Crippen LogP contribution in [0.15, 0.2) is 18.2 Å². The summed E-state index contributed by atoms with van der Waals surface area (Å²) < 4.78 is 13.4. The van der Waals surface area contributed by atoms with Crippen molar-refractivity contribution in [2.75, 3.05) is 24.5 Å². The van der Waals surface area contributed by atoms with E-state index in [4.69, 9.17) is 5.73 Å². The summed E-state index contributed by atoms with van der Waals surface area (Å²) in [6.45, 7) is 1.98. The Bertz CT molecular complexity index is 422. The van der Waals surface area contributed by atoms with Gasteiger partial charge in [-0.1, -0.05) is 0 Å². The van der Waals surface area contributed by atoms with Crippen molar-refractivity contribution >= 4 is 11.6 Å². The Hall–Kier alpha value is -1.62. The molecular formula is C12H16FN3O. The number of nitrogens with one attached hydrogen (secondary N) is 1. The largest absolute Gasteiger partial charge is 0.362 e. The summed E-state index contributed by atoms with van der Waals surface area (Å²) in [7, 11) is 0. The van der Waals surface area contributed by atoms with Crippen molar-refractivity contribution in [3.8, 4) is 0 Å². The molecule has 0 spiro atoms. The lowest BCUT2D eigenvalue weighted by atomic mass is 10.1. The lowest BCUT2D eigenvalue weighted by Crippen LogP contribution is -2.33. The molecule has 0 radical (unpaired) electrons. The van der Waals surface area contributed by atoms with E-state index in [2.05, 4.69) is 5.32 Å². The van der Waals surface area contributed by atoms with Gasteiger partial charge in [-0.15, -0.1) is 0 Å². The predicted octanol–water partition coefficient (Wildman–Crippen LogP) is 0.611. The van der Waals surface area contributed by atoms with E-state index < -0.39 is 0 Å². The molecule has 0 aliphatic carbocycles. The molecule has 1 aliphatic rings. The van der Waals surface area contributed by atoms with Crippen molar-refractivity contribution in [1.29, 1.82) is 0 Å². The number of halogens is 1. The first-order valence-electron chi connectivity index (χ1n) is 5.70. The molecule has 0 bridgehead atoms. The minimum Gasteiger partial charge on any atom is -0.362 e. The lowest BCUT2D eigenvalue weighted by Gasteiger charge is -2.22. The van der Waals surface area contributed by atoms with E-state index in [1.165, 1.54) is 12.1 Å². The van der Waals surface area contributed by atoms with Crippen LogP contribution in [0.25, 0.3) is 0 Å². The summed E-state index contributed by atoms with van der Waals surface area (Å²) in [5.74, 6) is -0.339. The van der Waals surface area contributed by atoms with Gasteiger partial charge >= 0.3 is 0 Å². The van der Waals surface area contributed by atoms with E-state index in [9.17, 15) is 9.18 Å². The van der Waals surface area contributed by atoms with Gasteiger partial charge in [0, 0.05) is 25.3 Å². The zero-order valence-electron chi connectivity index (χ0n) is 9.58. The van der Waals surface area contributed by atoms with Gasteiger partial charge in [0.25, 0.3) is 0 Å². The highest BCUT2D eigenvalue weighted by Crippen LogP contribution is 2.19. The van der Waals surface area contributed by atoms with Gasteiger partial charge in [0.05, 0.1) is 6.54 Å². The summed E-state index contributed by atoms with van der Waals surface area (Å²) in [5.41, 5.74) is 6.98. The van der Waals surface area contributed by atoms with Crippen LogP contribution in [-0.2, 0) is 11.3 Å². The highest BCUT2D eigenvalue weighted by molar-refractivity contribution is 5.81. The number of nitrogens with zero attached hydrogens (tertiary/aromatic N) is 1. The average molecular weight is 237 g/mol. The van der Waals surface area contributed by atoms with Gasteiger partial charge in [-0.3, -0.25) is 4.79 Å². The molecule has 1 heterocycles. The van der Waals surface area contributed by atoms with E-state index >= 15 is 0 Å². The molecule has 2 rings (SSSR count). The third-order valence-corrected chi connectivity index (χ3v) is 2.80. The first kappa shape index (κ1) is 11.9. The number of amides is 1. The van der Waals surface area contributed by atoms with Crippen LogP contribution in [0.5, 0.6) is 0 Å². The van der Waals surface area contributed by atoms with Gasteiger partial charge in [-0.05, 0) is 30.2 Å². The Morgan fingerprint density at radius 1 is 1.41 bits per heavy atom. The number of hydrogen-bond donors (Lipinski definition) is 2. The number of nitrogens with two attached hydrogens (primary N) is 1. The van der Waals surface area contributed by atoms with E-state index in [1.807, 2.05) is 11.0 Å². The third-order valence-electron chi connectivity index (χ3n) is 2.80. The Morgan fingerprint density at radius 2 is 2.24 bits per heavy atom. The standard InChI is InChI=1S/C12H16FN3O/c13-10-4-9(7-14)5-11(6-10)16-3-1-2-15-12(17)8-16/h4-6H,1-3,7-8,14H2,(H,15,17). The van der Waals surface area contributed by atoms with Crippen LogP contribution in [0.4, 0.5) is 10.1 Å². The van der Waals surface area contributed by atoms with Gasteiger partial charge in [0.1, 0.15) is 5.82 Å². The quantitative estimate of drug-likeness (QED) is 0.792. The molecule has 92 valence electrons. The molecule has 1 aliphatic heterocycles. The van der Waals surface area contributed by atoms with Gasteiger partial charge in [0.2, 0.25) is 5.91 Å². The van der Waals surface area contributed by atoms with E-state index in [0.29, 0.717) is 13.1 Å². The summed E-state index contributed by atoms with van der Waals surface area (Å²) >= 11 is 0. The smallest absolute Gasteiger partial charge is 0.239 e.